The maximum atomic E-state index is 12.2. The van der Waals surface area contributed by atoms with Crippen molar-refractivity contribution in [2.45, 2.75) is 45.6 Å². The highest BCUT2D eigenvalue weighted by Gasteiger charge is 2.35. The highest BCUT2D eigenvalue weighted by molar-refractivity contribution is 7.99. The standard InChI is InChI=1S/C13H23NO3S/c1-9(2)13(3,8-11(15)16)14-12(17)10-4-6-18-7-5-10/h9-10H,4-8H2,1-3H3,(H,14,17)(H,15,16). The number of hydrogen-bond donors (Lipinski definition) is 2. The Labute approximate surface area is 113 Å². The fourth-order valence-electron chi connectivity index (χ4n) is 2.05. The van der Waals surface area contributed by atoms with E-state index in [1.54, 1.807) is 0 Å². The number of thioether (sulfide) groups is 1. The number of carbonyl (C=O) groups is 2. The Kier molecular flexibility index (Phi) is 5.50. The summed E-state index contributed by atoms with van der Waals surface area (Å²) in [5.41, 5.74) is -0.659. The highest BCUT2D eigenvalue weighted by atomic mass is 32.2. The van der Waals surface area contributed by atoms with Gasteiger partial charge in [0.05, 0.1) is 6.42 Å². The first kappa shape index (κ1) is 15.3. The first-order valence-electron chi connectivity index (χ1n) is 6.46. The number of aliphatic carboxylic acids is 1. The summed E-state index contributed by atoms with van der Waals surface area (Å²) in [5, 5.41) is 11.9. The lowest BCUT2D eigenvalue weighted by molar-refractivity contribution is -0.140. The Balaban J connectivity index is 2.64. The van der Waals surface area contributed by atoms with Crippen molar-refractivity contribution in [3.63, 3.8) is 0 Å². The average molecular weight is 273 g/mol. The summed E-state index contributed by atoms with van der Waals surface area (Å²) in [7, 11) is 0. The highest BCUT2D eigenvalue weighted by Crippen LogP contribution is 2.26. The number of carboxylic acid groups (broad SMARTS) is 1. The van der Waals surface area contributed by atoms with Crippen LogP contribution in [0.25, 0.3) is 0 Å². The molecule has 1 amide bonds. The van der Waals surface area contributed by atoms with Crippen LogP contribution in [0, 0.1) is 11.8 Å². The van der Waals surface area contributed by atoms with E-state index in [2.05, 4.69) is 5.32 Å². The zero-order valence-electron chi connectivity index (χ0n) is 11.4. The van der Waals surface area contributed by atoms with Crippen LogP contribution in [0.15, 0.2) is 0 Å². The second-order valence-corrected chi connectivity index (χ2v) is 6.74. The number of hydrogen-bond acceptors (Lipinski definition) is 3. The Morgan fingerprint density at radius 2 is 1.94 bits per heavy atom. The van der Waals surface area contributed by atoms with Crippen LogP contribution in [0.2, 0.25) is 0 Å². The number of carboxylic acids is 1. The van der Waals surface area contributed by atoms with Gasteiger partial charge >= 0.3 is 5.97 Å². The van der Waals surface area contributed by atoms with Gasteiger partial charge in [-0.2, -0.15) is 11.8 Å². The lowest BCUT2D eigenvalue weighted by atomic mass is 9.84. The SMILES string of the molecule is CC(C)C(C)(CC(=O)O)NC(=O)C1CCSCC1. The van der Waals surface area contributed by atoms with E-state index in [0.29, 0.717) is 0 Å². The first-order chi connectivity index (χ1) is 8.35. The molecule has 2 N–H and O–H groups in total. The molecule has 18 heavy (non-hydrogen) atoms. The van der Waals surface area contributed by atoms with Crippen molar-refractivity contribution >= 4 is 23.6 Å². The maximum absolute atomic E-state index is 12.2. The fraction of sp³-hybridized carbons (Fsp3) is 0.846. The van der Waals surface area contributed by atoms with Crippen molar-refractivity contribution in [1.82, 2.24) is 5.32 Å². The topological polar surface area (TPSA) is 66.4 Å². The minimum absolute atomic E-state index is 0.0211. The van der Waals surface area contributed by atoms with Gasteiger partial charge in [0.25, 0.3) is 0 Å². The lowest BCUT2D eigenvalue weighted by Gasteiger charge is -2.35. The molecule has 0 spiro atoms. The second kappa shape index (κ2) is 6.45. The molecule has 1 heterocycles. The minimum Gasteiger partial charge on any atom is -0.481 e. The third-order valence-corrected chi connectivity index (χ3v) is 4.84. The van der Waals surface area contributed by atoms with Gasteiger partial charge in [0, 0.05) is 11.5 Å². The Morgan fingerprint density at radius 3 is 2.39 bits per heavy atom. The summed E-state index contributed by atoms with van der Waals surface area (Å²) in [6.07, 6.45) is 1.77. The molecule has 1 rings (SSSR count). The summed E-state index contributed by atoms with van der Waals surface area (Å²) in [6, 6.07) is 0. The molecule has 1 aliphatic rings. The molecule has 0 aromatic carbocycles. The number of nitrogens with one attached hydrogen (secondary N) is 1. The van der Waals surface area contributed by atoms with Crippen molar-refractivity contribution in [3.8, 4) is 0 Å². The van der Waals surface area contributed by atoms with Crippen molar-refractivity contribution in [1.29, 1.82) is 0 Å². The predicted octanol–water partition coefficient (Wildman–Crippen LogP) is 2.14. The molecule has 1 fully saturated rings. The molecule has 1 unspecified atom stereocenters. The molecule has 4 nitrogen and oxygen atoms in total. The summed E-state index contributed by atoms with van der Waals surface area (Å²) in [5.74, 6) is 1.34. The largest absolute Gasteiger partial charge is 0.481 e. The fourth-order valence-corrected chi connectivity index (χ4v) is 3.16. The monoisotopic (exact) mass is 273 g/mol. The van der Waals surface area contributed by atoms with Crippen molar-refractivity contribution in [2.24, 2.45) is 11.8 Å². The normalized spacial score (nSPS) is 20.4. The molecule has 0 aliphatic carbocycles. The Bertz CT molecular complexity index is 313. The molecule has 1 atom stereocenters. The molecular weight excluding hydrogens is 250 g/mol. The van der Waals surface area contributed by atoms with Crippen LogP contribution in [-0.4, -0.2) is 34.0 Å². The zero-order valence-corrected chi connectivity index (χ0v) is 12.2. The van der Waals surface area contributed by atoms with E-state index in [1.165, 1.54) is 0 Å². The number of carbonyl (C=O) groups excluding carboxylic acids is 1. The third kappa shape index (κ3) is 4.19. The van der Waals surface area contributed by atoms with Crippen LogP contribution in [0.1, 0.15) is 40.0 Å². The minimum atomic E-state index is -0.870. The van der Waals surface area contributed by atoms with Gasteiger partial charge in [-0.15, -0.1) is 0 Å². The van der Waals surface area contributed by atoms with Crippen LogP contribution < -0.4 is 5.32 Å². The molecule has 5 heteroatoms. The molecule has 1 aliphatic heterocycles. The van der Waals surface area contributed by atoms with Gasteiger partial charge in [-0.1, -0.05) is 13.8 Å². The molecule has 0 radical (unpaired) electrons. The lowest BCUT2D eigenvalue weighted by Crippen LogP contribution is -2.53. The molecule has 1 saturated heterocycles. The summed E-state index contributed by atoms with van der Waals surface area (Å²) in [4.78, 5) is 23.1. The van der Waals surface area contributed by atoms with E-state index in [4.69, 9.17) is 5.11 Å². The smallest absolute Gasteiger partial charge is 0.305 e. The van der Waals surface area contributed by atoms with Crippen LogP contribution in [0.4, 0.5) is 0 Å². The van der Waals surface area contributed by atoms with Gasteiger partial charge < -0.3 is 10.4 Å². The van der Waals surface area contributed by atoms with Crippen molar-refractivity contribution < 1.29 is 14.7 Å². The van der Waals surface area contributed by atoms with Gasteiger partial charge in [0.15, 0.2) is 0 Å². The molecule has 0 aromatic heterocycles. The van der Waals surface area contributed by atoms with Gasteiger partial charge in [-0.05, 0) is 37.2 Å². The summed E-state index contributed by atoms with van der Waals surface area (Å²) in [6.45, 7) is 5.71. The van der Waals surface area contributed by atoms with E-state index in [0.717, 1.165) is 24.3 Å². The van der Waals surface area contributed by atoms with E-state index in [-0.39, 0.29) is 24.2 Å². The molecule has 0 saturated carbocycles. The second-order valence-electron chi connectivity index (χ2n) is 5.52. The van der Waals surface area contributed by atoms with E-state index >= 15 is 0 Å². The van der Waals surface area contributed by atoms with Crippen LogP contribution in [-0.2, 0) is 9.59 Å². The van der Waals surface area contributed by atoms with Crippen LogP contribution >= 0.6 is 11.8 Å². The zero-order chi connectivity index (χ0) is 13.8. The predicted molar refractivity (Wildman–Crippen MR) is 73.7 cm³/mol. The Hall–Kier alpha value is -0.710. The molecular formula is C13H23NO3S. The van der Waals surface area contributed by atoms with Gasteiger partial charge in [0.1, 0.15) is 0 Å². The third-order valence-electron chi connectivity index (χ3n) is 3.79. The number of rotatable bonds is 5. The van der Waals surface area contributed by atoms with Crippen molar-refractivity contribution in [2.75, 3.05) is 11.5 Å². The molecule has 0 bridgehead atoms. The van der Waals surface area contributed by atoms with Gasteiger partial charge in [-0.3, -0.25) is 9.59 Å². The maximum Gasteiger partial charge on any atom is 0.305 e. The molecule has 0 aromatic rings. The van der Waals surface area contributed by atoms with Gasteiger partial charge in [-0.25, -0.2) is 0 Å². The quantitative estimate of drug-likeness (QED) is 0.805. The van der Waals surface area contributed by atoms with E-state index in [9.17, 15) is 9.59 Å². The summed E-state index contributed by atoms with van der Waals surface area (Å²) < 4.78 is 0. The Morgan fingerprint density at radius 1 is 1.39 bits per heavy atom. The van der Waals surface area contributed by atoms with Crippen LogP contribution in [0.3, 0.4) is 0 Å². The van der Waals surface area contributed by atoms with Crippen molar-refractivity contribution in [3.05, 3.63) is 0 Å². The average Bonchev–Trinajstić information content (AvgIpc) is 2.28. The van der Waals surface area contributed by atoms with Gasteiger partial charge in [0.2, 0.25) is 5.91 Å². The van der Waals surface area contributed by atoms with E-state index in [1.807, 2.05) is 32.5 Å². The first-order valence-corrected chi connectivity index (χ1v) is 7.62. The summed E-state index contributed by atoms with van der Waals surface area (Å²) >= 11 is 1.88. The van der Waals surface area contributed by atoms with E-state index < -0.39 is 11.5 Å². The number of amides is 1. The molecule has 104 valence electrons. The van der Waals surface area contributed by atoms with Crippen LogP contribution in [0.5, 0.6) is 0 Å².